The summed E-state index contributed by atoms with van der Waals surface area (Å²) in [6.45, 7) is 0. The van der Waals surface area contributed by atoms with Crippen LogP contribution in [-0.4, -0.2) is 31.1 Å². The van der Waals surface area contributed by atoms with E-state index in [9.17, 15) is 26.9 Å². The number of halogens is 3. The highest BCUT2D eigenvalue weighted by Gasteiger charge is 2.58. The van der Waals surface area contributed by atoms with E-state index in [1.54, 1.807) is 42.6 Å². The van der Waals surface area contributed by atoms with E-state index < -0.39 is 33.3 Å². The summed E-state index contributed by atoms with van der Waals surface area (Å²) in [5.74, 6) is -4.41. The molecule has 174 valence electrons. The molecular formula is C24H24F3N3O2S. The number of nitriles is 1. The first-order chi connectivity index (χ1) is 15.5. The van der Waals surface area contributed by atoms with Crippen molar-refractivity contribution >= 4 is 16.1 Å². The van der Waals surface area contributed by atoms with Crippen molar-refractivity contribution in [3.8, 4) is 17.2 Å². The van der Waals surface area contributed by atoms with Gasteiger partial charge in [0.2, 0.25) is 15.9 Å². The molecule has 2 fully saturated rings. The van der Waals surface area contributed by atoms with E-state index in [2.05, 4.69) is 15.8 Å². The second-order valence-electron chi connectivity index (χ2n) is 9.05. The molecule has 0 amide bonds. The third-order valence-electron chi connectivity index (χ3n) is 6.61. The average Bonchev–Trinajstić information content (AvgIpc) is 3.02. The fourth-order valence-electron chi connectivity index (χ4n) is 5.30. The summed E-state index contributed by atoms with van der Waals surface area (Å²) in [5.41, 5.74) is 0.486. The minimum Gasteiger partial charge on any atom is -0.256 e. The number of alkyl halides is 2. The molecule has 1 aromatic heterocycles. The first-order valence-electron chi connectivity index (χ1n) is 10.7. The minimum absolute atomic E-state index is 0.0395. The lowest BCUT2D eigenvalue weighted by molar-refractivity contribution is -0.0659. The number of hydrogen-bond donors (Lipinski definition) is 1. The van der Waals surface area contributed by atoms with Gasteiger partial charge in [-0.3, -0.25) is 4.98 Å². The molecule has 0 radical (unpaired) electrons. The highest BCUT2D eigenvalue weighted by molar-refractivity contribution is 7.88. The molecule has 0 bridgehead atoms. The molecule has 1 N–H and O–H groups in total. The third-order valence-corrected chi connectivity index (χ3v) is 7.34. The fraction of sp³-hybridized carbons (Fsp3) is 0.417. The summed E-state index contributed by atoms with van der Waals surface area (Å²) in [6.07, 6.45) is 5.60. The van der Waals surface area contributed by atoms with E-state index >= 15 is 0 Å². The number of pyridine rings is 1. The summed E-state index contributed by atoms with van der Waals surface area (Å²) in [5, 5.41) is 9.96. The van der Waals surface area contributed by atoms with E-state index in [0.29, 0.717) is 11.3 Å². The lowest BCUT2D eigenvalue weighted by Gasteiger charge is -2.34. The largest absolute Gasteiger partial charge is 0.256 e. The number of hydrogen-bond acceptors (Lipinski definition) is 4. The Morgan fingerprint density at radius 2 is 2.00 bits per heavy atom. The number of benzene rings is 1. The molecule has 2 saturated carbocycles. The number of nitrogens with zero attached hydrogens (tertiary/aromatic N) is 2. The van der Waals surface area contributed by atoms with Gasteiger partial charge in [0, 0.05) is 30.5 Å². The predicted octanol–water partition coefficient (Wildman–Crippen LogP) is 4.78. The molecule has 2 aliphatic carbocycles. The Morgan fingerprint density at radius 1 is 1.21 bits per heavy atom. The van der Waals surface area contributed by atoms with Gasteiger partial charge in [-0.2, -0.15) is 9.98 Å². The van der Waals surface area contributed by atoms with Gasteiger partial charge in [0.1, 0.15) is 11.4 Å². The van der Waals surface area contributed by atoms with Gasteiger partial charge >= 0.3 is 0 Å². The Bertz CT molecular complexity index is 1210. The normalized spacial score (nSPS) is 29.0. The molecule has 33 heavy (non-hydrogen) atoms. The standard InChI is InChI=1S/C24H24F3N3O2S/c1-33(31,32)30-23(15-28)12-18-13-24(26,27)10-9-21(18)22(23)8-7-20-6-5-17(14-29-20)16-3-2-4-19(25)11-16/h2-8,11,14,18,21-22,30H,9-10,12-13H2,1H3/b8-7+/t18-,21-,22+,23?/m1/s1. The average molecular weight is 476 g/mol. The summed E-state index contributed by atoms with van der Waals surface area (Å²) >= 11 is 0. The van der Waals surface area contributed by atoms with E-state index in [1.165, 1.54) is 12.1 Å². The number of sulfonamides is 1. The van der Waals surface area contributed by atoms with Crippen LogP contribution in [-0.2, 0) is 10.0 Å². The van der Waals surface area contributed by atoms with Gasteiger partial charge < -0.3 is 0 Å². The maximum Gasteiger partial charge on any atom is 0.248 e. The van der Waals surface area contributed by atoms with Crippen LogP contribution in [0.4, 0.5) is 13.2 Å². The SMILES string of the molecule is CS(=O)(=O)NC1(C#N)C[C@@H]2CC(F)(F)CC[C@H]2[C@@H]1/C=C/c1ccc(-c2cccc(F)c2)cn1. The molecular weight excluding hydrogens is 451 g/mol. The number of aromatic nitrogens is 1. The predicted molar refractivity (Wildman–Crippen MR) is 119 cm³/mol. The Hall–Kier alpha value is -2.70. The lowest BCUT2D eigenvalue weighted by atomic mass is 9.75. The van der Waals surface area contributed by atoms with Crippen LogP contribution in [0, 0.1) is 34.9 Å². The van der Waals surface area contributed by atoms with Crippen LogP contribution >= 0.6 is 0 Å². The lowest BCUT2D eigenvalue weighted by Crippen LogP contribution is -2.50. The van der Waals surface area contributed by atoms with Crippen molar-refractivity contribution in [3.05, 3.63) is 60.2 Å². The van der Waals surface area contributed by atoms with Gasteiger partial charge in [-0.25, -0.2) is 21.6 Å². The Labute approximate surface area is 191 Å². The van der Waals surface area contributed by atoms with Crippen LogP contribution in [0.2, 0.25) is 0 Å². The molecule has 2 aromatic rings. The van der Waals surface area contributed by atoms with Crippen molar-refractivity contribution in [2.24, 2.45) is 17.8 Å². The topological polar surface area (TPSA) is 82.9 Å². The van der Waals surface area contributed by atoms with Crippen molar-refractivity contribution in [2.45, 2.75) is 37.1 Å². The number of rotatable bonds is 5. The maximum atomic E-state index is 14.0. The molecule has 2 aliphatic rings. The first-order valence-corrected chi connectivity index (χ1v) is 12.6. The quantitative estimate of drug-likeness (QED) is 0.675. The molecule has 1 aromatic carbocycles. The molecule has 4 atom stereocenters. The van der Waals surface area contributed by atoms with E-state index in [4.69, 9.17) is 0 Å². The van der Waals surface area contributed by atoms with E-state index in [1.807, 2.05) is 0 Å². The molecule has 9 heteroatoms. The summed E-state index contributed by atoms with van der Waals surface area (Å²) in [7, 11) is -3.75. The Balaban J connectivity index is 1.62. The van der Waals surface area contributed by atoms with Crippen LogP contribution < -0.4 is 4.72 Å². The van der Waals surface area contributed by atoms with Crippen molar-refractivity contribution in [1.82, 2.24) is 9.71 Å². The Kier molecular flexibility index (Phi) is 6.10. The smallest absolute Gasteiger partial charge is 0.248 e. The molecule has 4 rings (SSSR count). The van der Waals surface area contributed by atoms with E-state index in [0.717, 1.165) is 11.8 Å². The zero-order chi connectivity index (χ0) is 23.9. The maximum absolute atomic E-state index is 14.0. The van der Waals surface area contributed by atoms with Gasteiger partial charge in [0.25, 0.3) is 0 Å². The van der Waals surface area contributed by atoms with Crippen LogP contribution in [0.5, 0.6) is 0 Å². The van der Waals surface area contributed by atoms with Crippen molar-refractivity contribution in [3.63, 3.8) is 0 Å². The minimum atomic E-state index is -3.75. The van der Waals surface area contributed by atoms with Crippen molar-refractivity contribution < 1.29 is 21.6 Å². The second kappa shape index (κ2) is 8.58. The van der Waals surface area contributed by atoms with Gasteiger partial charge in [-0.05, 0) is 54.5 Å². The molecule has 0 aliphatic heterocycles. The second-order valence-corrected chi connectivity index (χ2v) is 10.8. The van der Waals surface area contributed by atoms with Gasteiger partial charge in [-0.15, -0.1) is 0 Å². The van der Waals surface area contributed by atoms with Gasteiger partial charge in [0.15, 0.2) is 0 Å². The molecule has 5 nitrogen and oxygen atoms in total. The summed E-state index contributed by atoms with van der Waals surface area (Å²) < 4.78 is 68.1. The van der Waals surface area contributed by atoms with Crippen LogP contribution in [0.25, 0.3) is 17.2 Å². The monoisotopic (exact) mass is 475 g/mol. The van der Waals surface area contributed by atoms with Gasteiger partial charge in [-0.1, -0.05) is 24.3 Å². The fourth-order valence-corrected chi connectivity index (χ4v) is 6.22. The molecule has 1 heterocycles. The number of nitrogens with one attached hydrogen (secondary N) is 1. The first kappa shape index (κ1) is 23.5. The Morgan fingerprint density at radius 3 is 2.64 bits per heavy atom. The zero-order valence-electron chi connectivity index (χ0n) is 18.0. The van der Waals surface area contributed by atoms with Crippen molar-refractivity contribution in [2.75, 3.05) is 6.26 Å². The molecule has 1 unspecified atom stereocenters. The summed E-state index contributed by atoms with van der Waals surface area (Å²) in [6, 6.07) is 11.8. The van der Waals surface area contributed by atoms with Crippen LogP contribution in [0.3, 0.4) is 0 Å². The molecule has 0 spiro atoms. The highest BCUT2D eigenvalue weighted by Crippen LogP contribution is 2.55. The van der Waals surface area contributed by atoms with E-state index in [-0.39, 0.29) is 37.4 Å². The third kappa shape index (κ3) is 5.12. The van der Waals surface area contributed by atoms with Crippen molar-refractivity contribution in [1.29, 1.82) is 5.26 Å². The van der Waals surface area contributed by atoms with Gasteiger partial charge in [0.05, 0.1) is 18.0 Å². The summed E-state index contributed by atoms with van der Waals surface area (Å²) in [4.78, 5) is 4.37. The zero-order valence-corrected chi connectivity index (χ0v) is 18.8. The van der Waals surface area contributed by atoms with Crippen LogP contribution in [0.1, 0.15) is 31.4 Å². The number of fused-ring (bicyclic) bond motifs is 1. The van der Waals surface area contributed by atoms with Crippen LogP contribution in [0.15, 0.2) is 48.7 Å². The molecule has 0 saturated heterocycles. The highest BCUT2D eigenvalue weighted by atomic mass is 32.2.